The first-order chi connectivity index (χ1) is 34.6. The second-order valence-corrected chi connectivity index (χ2v) is 23.8. The highest BCUT2D eigenvalue weighted by molar-refractivity contribution is 8.14. The van der Waals surface area contributed by atoms with Crippen molar-refractivity contribution in [2.75, 3.05) is 37.8 Å². The van der Waals surface area contributed by atoms with Crippen molar-refractivity contribution in [1.82, 2.24) is 30.2 Å². The lowest BCUT2D eigenvalue weighted by atomic mass is 9.87. The third-order valence-corrected chi connectivity index (χ3v) is 15.6. The quantitative estimate of drug-likeness (QED) is 0.0143. The molecule has 10 N–H and O–H groups in total. The van der Waals surface area contributed by atoms with E-state index in [2.05, 4.69) is 53.5 Å². The SMILES string of the molecule is CCCCCCCC/C=C\CCCCCCCCCCC/C=C/C(=O)SCCNC(=O)CCNC(=O)[C@H](O)C(C)(C)COP(=O)(O)OP(=O)(O)OC[C@H]1O[C@@H](n2cnc3c(N)ncnc32)[C@H](O)[C@@H]1OP(=O)(O)O. The summed E-state index contributed by atoms with van der Waals surface area (Å²) in [6, 6.07) is 0. The molecule has 7 atom stereocenters. The second kappa shape index (κ2) is 33.3. The summed E-state index contributed by atoms with van der Waals surface area (Å²) in [7, 11) is -16.4. The van der Waals surface area contributed by atoms with Crippen LogP contribution in [0.4, 0.5) is 5.82 Å². The molecule has 3 heterocycles. The molecule has 0 saturated carbocycles. The maximum absolute atomic E-state index is 12.8. The fourth-order valence-corrected chi connectivity index (χ4v) is 11.0. The standard InChI is InChI=1S/C45H78N7O17P3S/c1-4-5-6-7-8-9-10-11-12-13-14-15-16-17-18-19-20-21-22-23-24-25-36(54)73-29-28-47-35(53)26-27-48-43(57)40(56)45(2,3)31-66-72(63,64)69-71(61,62)65-30-34-39(68-70(58,59)60)38(55)44(67-34)52-33-51-37-41(46)49-32-50-42(37)52/h11-12,24-25,32-34,38-40,44,55-56H,4-10,13-23,26-31H2,1-3H3,(H,47,53)(H,48,57)(H,61,62)(H,63,64)(H2,46,49,50)(H2,58,59,60)/b12-11-,25-24+/t34-,38-,39-,40+,44-/m1/s1. The van der Waals surface area contributed by atoms with Gasteiger partial charge < -0.3 is 50.9 Å². The number of anilines is 1. The number of carbonyl (C=O) groups is 3. The number of ether oxygens (including phenoxy) is 1. The largest absolute Gasteiger partial charge is 0.481 e. The Labute approximate surface area is 431 Å². The number of nitrogens with two attached hydrogens (primary N) is 1. The summed E-state index contributed by atoms with van der Waals surface area (Å²) < 4.78 is 62.5. The number of carbonyl (C=O) groups excluding carboxylic acids is 3. The molecule has 1 fully saturated rings. The first-order valence-corrected chi connectivity index (χ1v) is 30.4. The summed E-state index contributed by atoms with van der Waals surface area (Å²) >= 11 is 1.07. The van der Waals surface area contributed by atoms with Gasteiger partial charge in [-0.25, -0.2) is 28.6 Å². The predicted octanol–water partition coefficient (Wildman–Crippen LogP) is 6.82. The minimum atomic E-state index is -5.58. The lowest BCUT2D eigenvalue weighted by Crippen LogP contribution is -2.46. The van der Waals surface area contributed by atoms with Gasteiger partial charge in [0.25, 0.3) is 0 Å². The van der Waals surface area contributed by atoms with Crippen molar-refractivity contribution in [2.45, 2.75) is 173 Å². The molecule has 0 spiro atoms. The highest BCUT2D eigenvalue weighted by atomic mass is 32.2. The van der Waals surface area contributed by atoms with Gasteiger partial charge in [-0.1, -0.05) is 128 Å². The first kappa shape index (κ1) is 64.3. The maximum Gasteiger partial charge on any atom is 0.481 e. The lowest BCUT2D eigenvalue weighted by Gasteiger charge is -2.30. The van der Waals surface area contributed by atoms with Crippen LogP contribution >= 0.6 is 35.2 Å². The smallest absolute Gasteiger partial charge is 0.386 e. The zero-order valence-corrected chi connectivity index (χ0v) is 45.6. The van der Waals surface area contributed by atoms with E-state index in [0.717, 1.165) is 48.2 Å². The van der Waals surface area contributed by atoms with Crippen LogP contribution in [-0.4, -0.2) is 123 Å². The van der Waals surface area contributed by atoms with E-state index in [1.165, 1.54) is 110 Å². The molecule has 2 aromatic rings. The molecule has 73 heavy (non-hydrogen) atoms. The number of nitrogens with zero attached hydrogens (tertiary/aromatic N) is 4. The Morgan fingerprint density at radius 3 is 2.01 bits per heavy atom. The van der Waals surface area contributed by atoms with Crippen LogP contribution < -0.4 is 16.4 Å². The Balaban J connectivity index is 1.24. The molecule has 0 aliphatic carbocycles. The van der Waals surface area contributed by atoms with Crippen LogP contribution in [0.2, 0.25) is 0 Å². The summed E-state index contributed by atoms with van der Waals surface area (Å²) in [4.78, 5) is 88.5. The number of aliphatic hydroxyl groups excluding tert-OH is 2. The van der Waals surface area contributed by atoms with Gasteiger partial charge >= 0.3 is 23.5 Å². The molecular weight excluding hydrogens is 1040 g/mol. The summed E-state index contributed by atoms with van der Waals surface area (Å²) in [5.41, 5.74) is 4.28. The molecule has 416 valence electrons. The first-order valence-electron chi connectivity index (χ1n) is 24.9. The Morgan fingerprint density at radius 2 is 1.41 bits per heavy atom. The zero-order chi connectivity index (χ0) is 53.9. The van der Waals surface area contributed by atoms with E-state index in [-0.39, 0.29) is 41.6 Å². The average Bonchev–Trinajstić information content (AvgIpc) is 3.88. The number of allylic oxidation sites excluding steroid dienone is 3. The number of rotatable bonds is 39. The van der Waals surface area contributed by atoms with Crippen LogP contribution in [0.5, 0.6) is 0 Å². The van der Waals surface area contributed by atoms with Crippen LogP contribution in [0.15, 0.2) is 37.0 Å². The number of thioether (sulfide) groups is 1. The van der Waals surface area contributed by atoms with Crippen molar-refractivity contribution in [3.63, 3.8) is 0 Å². The van der Waals surface area contributed by atoms with Crippen molar-refractivity contribution in [2.24, 2.45) is 5.41 Å². The molecule has 0 radical (unpaired) electrons. The monoisotopic (exact) mass is 1110 g/mol. The minimum Gasteiger partial charge on any atom is -0.386 e. The summed E-state index contributed by atoms with van der Waals surface area (Å²) in [5.74, 6) is -1.10. The van der Waals surface area contributed by atoms with Gasteiger partial charge in [-0.3, -0.25) is 32.5 Å². The van der Waals surface area contributed by atoms with Gasteiger partial charge in [-0.05, 0) is 44.6 Å². The molecule has 2 unspecified atom stereocenters. The third-order valence-electron chi connectivity index (χ3n) is 11.6. The van der Waals surface area contributed by atoms with Gasteiger partial charge in [0, 0.05) is 30.7 Å². The van der Waals surface area contributed by atoms with Crippen LogP contribution in [-0.2, 0) is 50.7 Å². The Morgan fingerprint density at radius 1 is 0.836 bits per heavy atom. The fraction of sp³-hybridized carbons (Fsp3) is 0.733. The number of aromatic nitrogens is 4. The number of fused-ring (bicyclic) bond motifs is 1. The van der Waals surface area contributed by atoms with Gasteiger partial charge in [-0.2, -0.15) is 4.31 Å². The fourth-order valence-electron chi connectivity index (χ4n) is 7.55. The second-order valence-electron chi connectivity index (χ2n) is 18.4. The summed E-state index contributed by atoms with van der Waals surface area (Å²) in [6.45, 7) is 2.77. The average molecular weight is 1110 g/mol. The molecule has 28 heteroatoms. The summed E-state index contributed by atoms with van der Waals surface area (Å²) in [6.07, 6.45) is 23.6. The number of hydrogen-bond donors (Lipinski definition) is 9. The number of amides is 2. The lowest BCUT2D eigenvalue weighted by molar-refractivity contribution is -0.137. The third kappa shape index (κ3) is 25.6. The number of nitrogen functional groups attached to an aromatic ring is 1. The van der Waals surface area contributed by atoms with Gasteiger partial charge in [0.15, 0.2) is 17.7 Å². The number of phosphoric acid groups is 3. The Bertz CT molecular complexity index is 2200. The number of aliphatic hydroxyl groups is 2. The van der Waals surface area contributed by atoms with E-state index in [4.69, 9.17) is 19.5 Å². The highest BCUT2D eigenvalue weighted by Crippen LogP contribution is 2.61. The number of hydrogen-bond acceptors (Lipinski definition) is 18. The molecule has 2 aromatic heterocycles. The predicted molar refractivity (Wildman–Crippen MR) is 274 cm³/mol. The van der Waals surface area contributed by atoms with Crippen molar-refractivity contribution in [3.05, 3.63) is 37.0 Å². The zero-order valence-electron chi connectivity index (χ0n) is 42.1. The van der Waals surface area contributed by atoms with Crippen molar-refractivity contribution < 1.29 is 80.5 Å². The molecule has 0 bridgehead atoms. The van der Waals surface area contributed by atoms with Crippen LogP contribution in [0.3, 0.4) is 0 Å². The van der Waals surface area contributed by atoms with E-state index in [1.807, 2.05) is 6.08 Å². The van der Waals surface area contributed by atoms with E-state index in [9.17, 15) is 57.9 Å². The van der Waals surface area contributed by atoms with Gasteiger partial charge in [-0.15, -0.1) is 0 Å². The van der Waals surface area contributed by atoms with Crippen LogP contribution in [0, 0.1) is 5.41 Å². The van der Waals surface area contributed by atoms with E-state index in [1.54, 1.807) is 6.08 Å². The molecule has 0 aromatic carbocycles. The Kier molecular flexibility index (Phi) is 29.3. The number of unbranched alkanes of at least 4 members (excludes halogenated alkanes) is 16. The number of nitrogens with one attached hydrogen (secondary N) is 2. The molecule has 2 amide bonds. The van der Waals surface area contributed by atoms with E-state index >= 15 is 0 Å². The minimum absolute atomic E-state index is 0.0324. The highest BCUT2D eigenvalue weighted by Gasteiger charge is 2.50. The molecule has 24 nitrogen and oxygen atoms in total. The normalized spacial score (nSPS) is 19.6. The molecular formula is C45H78N7O17P3S. The molecule has 1 saturated heterocycles. The number of phosphoric ester groups is 3. The van der Waals surface area contributed by atoms with Crippen molar-refractivity contribution in [1.29, 1.82) is 0 Å². The van der Waals surface area contributed by atoms with Crippen LogP contribution in [0.1, 0.15) is 149 Å². The van der Waals surface area contributed by atoms with Gasteiger partial charge in [0.2, 0.25) is 16.9 Å². The van der Waals surface area contributed by atoms with Crippen molar-refractivity contribution >= 4 is 69.1 Å². The molecule has 1 aliphatic heterocycles. The molecule has 1 aliphatic rings. The van der Waals surface area contributed by atoms with E-state index in [0.29, 0.717) is 5.75 Å². The molecule has 3 rings (SSSR count). The maximum atomic E-state index is 12.8. The van der Waals surface area contributed by atoms with Crippen molar-refractivity contribution in [3.8, 4) is 0 Å². The van der Waals surface area contributed by atoms with Gasteiger partial charge in [0.1, 0.15) is 36.3 Å². The number of imidazole rings is 1. The Hall–Kier alpha value is -2.96. The van der Waals surface area contributed by atoms with Gasteiger partial charge in [0.05, 0.1) is 19.5 Å². The topological polar surface area (TPSA) is 364 Å². The van der Waals surface area contributed by atoms with E-state index < -0.39 is 84.6 Å². The van der Waals surface area contributed by atoms with Crippen LogP contribution in [0.25, 0.3) is 11.2 Å². The summed E-state index contributed by atoms with van der Waals surface area (Å²) in [5, 5.41) is 26.5.